The minimum Gasteiger partial charge on any atom is -0.422 e. The fourth-order valence-corrected chi connectivity index (χ4v) is 0.801. The monoisotopic (exact) mass is 152 g/mol. The van der Waals surface area contributed by atoms with Crippen molar-refractivity contribution in [3.8, 4) is 0 Å². The van der Waals surface area contributed by atoms with Gasteiger partial charge >= 0.3 is 7.12 Å². The van der Waals surface area contributed by atoms with E-state index in [1.165, 1.54) is 0 Å². The maximum Gasteiger partial charge on any atom is 0.510 e. The van der Waals surface area contributed by atoms with E-state index in [1.807, 2.05) is 0 Å². The van der Waals surface area contributed by atoms with Crippen molar-refractivity contribution in [2.75, 3.05) is 0 Å². The average Bonchev–Trinajstić information content (AvgIpc) is 1.94. The van der Waals surface area contributed by atoms with E-state index < -0.39 is 7.12 Å². The first-order valence-corrected chi connectivity index (χ1v) is 3.27. The van der Waals surface area contributed by atoms with Crippen LogP contribution in [0.1, 0.15) is 11.4 Å². The maximum absolute atomic E-state index is 8.78. The molecule has 2 N–H and O–H groups in total. The van der Waals surface area contributed by atoms with Crippen molar-refractivity contribution in [3.05, 3.63) is 17.6 Å². The van der Waals surface area contributed by atoms with Gasteiger partial charge in [0.25, 0.3) is 0 Å². The van der Waals surface area contributed by atoms with E-state index in [2.05, 4.69) is 9.97 Å². The summed E-state index contributed by atoms with van der Waals surface area (Å²) < 4.78 is 0. The lowest BCUT2D eigenvalue weighted by Crippen LogP contribution is -2.36. The smallest absolute Gasteiger partial charge is 0.422 e. The number of hydrogen-bond acceptors (Lipinski definition) is 4. The molecule has 0 bridgehead atoms. The van der Waals surface area contributed by atoms with Gasteiger partial charge < -0.3 is 10.0 Å². The van der Waals surface area contributed by atoms with Crippen molar-refractivity contribution in [1.82, 2.24) is 9.97 Å². The molecule has 4 nitrogen and oxygen atoms in total. The van der Waals surface area contributed by atoms with Crippen LogP contribution in [-0.2, 0) is 0 Å². The Morgan fingerprint density at radius 2 is 2.00 bits per heavy atom. The van der Waals surface area contributed by atoms with Gasteiger partial charge in [0.15, 0.2) is 0 Å². The van der Waals surface area contributed by atoms with Gasteiger partial charge in [0.2, 0.25) is 0 Å². The highest BCUT2D eigenvalue weighted by molar-refractivity contribution is 6.57. The zero-order valence-corrected chi connectivity index (χ0v) is 6.44. The highest BCUT2D eigenvalue weighted by Crippen LogP contribution is 1.89. The van der Waals surface area contributed by atoms with Crippen molar-refractivity contribution < 1.29 is 10.0 Å². The summed E-state index contributed by atoms with van der Waals surface area (Å²) in [4.78, 5) is 7.83. The Labute approximate surface area is 65.1 Å². The summed E-state index contributed by atoms with van der Waals surface area (Å²) in [6, 6.07) is 0. The zero-order valence-electron chi connectivity index (χ0n) is 6.44. The molecule has 0 saturated carbocycles. The Hall–Kier alpha value is -0.935. The topological polar surface area (TPSA) is 66.2 Å². The Kier molecular flexibility index (Phi) is 2.21. The molecule has 0 unspecified atom stereocenters. The Bertz CT molecular complexity index is 265. The van der Waals surface area contributed by atoms with Gasteiger partial charge in [-0.05, 0) is 13.8 Å². The minimum absolute atomic E-state index is 0.227. The summed E-state index contributed by atoms with van der Waals surface area (Å²) in [5.74, 6) is 0. The molecule has 0 aliphatic heterocycles. The van der Waals surface area contributed by atoms with Gasteiger partial charge in [0, 0.05) is 6.20 Å². The predicted molar refractivity (Wildman–Crippen MR) is 41.3 cm³/mol. The first-order valence-electron chi connectivity index (χ1n) is 3.27. The van der Waals surface area contributed by atoms with Crippen molar-refractivity contribution in [2.45, 2.75) is 13.8 Å². The molecule has 1 rings (SSSR count). The molecule has 0 aliphatic rings. The molecule has 5 heteroatoms. The van der Waals surface area contributed by atoms with Gasteiger partial charge in [-0.25, -0.2) is 0 Å². The van der Waals surface area contributed by atoms with Gasteiger partial charge in [-0.15, -0.1) is 0 Å². The Morgan fingerprint density at radius 1 is 1.36 bits per heavy atom. The largest absolute Gasteiger partial charge is 0.510 e. The second-order valence-electron chi connectivity index (χ2n) is 2.36. The molecule has 1 aromatic rings. The maximum atomic E-state index is 8.78. The molecule has 1 heterocycles. The second kappa shape index (κ2) is 2.98. The van der Waals surface area contributed by atoms with E-state index in [0.29, 0.717) is 11.4 Å². The average molecular weight is 152 g/mol. The zero-order chi connectivity index (χ0) is 8.43. The van der Waals surface area contributed by atoms with Crippen molar-refractivity contribution in [2.24, 2.45) is 0 Å². The molecular weight excluding hydrogens is 143 g/mol. The van der Waals surface area contributed by atoms with E-state index in [1.54, 1.807) is 20.0 Å². The third kappa shape index (κ3) is 1.75. The molecule has 0 spiro atoms. The number of rotatable bonds is 1. The molecule has 0 saturated heterocycles. The minimum atomic E-state index is -1.53. The van der Waals surface area contributed by atoms with Crippen molar-refractivity contribution in [3.63, 3.8) is 0 Å². The fourth-order valence-electron chi connectivity index (χ4n) is 0.801. The normalized spacial score (nSPS) is 9.82. The first kappa shape index (κ1) is 8.16. The van der Waals surface area contributed by atoms with Crippen LogP contribution in [0.15, 0.2) is 6.20 Å². The summed E-state index contributed by atoms with van der Waals surface area (Å²) in [7, 11) is -1.53. The molecule has 58 valence electrons. The molecule has 0 atom stereocenters. The number of aryl methyl sites for hydroxylation is 2. The van der Waals surface area contributed by atoms with Gasteiger partial charge in [-0.3, -0.25) is 9.97 Å². The third-order valence-corrected chi connectivity index (χ3v) is 1.36. The summed E-state index contributed by atoms with van der Waals surface area (Å²) >= 11 is 0. The Balaban J connectivity index is 3.13. The number of hydrogen-bond donors (Lipinski definition) is 2. The molecular formula is C6H9BN2O2. The van der Waals surface area contributed by atoms with Crippen molar-refractivity contribution >= 4 is 12.7 Å². The predicted octanol–water partition coefficient (Wildman–Crippen LogP) is -1.23. The van der Waals surface area contributed by atoms with Gasteiger partial charge in [0.05, 0.1) is 17.0 Å². The number of aromatic nitrogens is 2. The van der Waals surface area contributed by atoms with Crippen LogP contribution >= 0.6 is 0 Å². The molecule has 0 aliphatic carbocycles. The van der Waals surface area contributed by atoms with E-state index in [-0.39, 0.29) is 5.59 Å². The van der Waals surface area contributed by atoms with Crippen LogP contribution in [0.5, 0.6) is 0 Å². The second-order valence-corrected chi connectivity index (χ2v) is 2.36. The Morgan fingerprint density at radius 3 is 2.45 bits per heavy atom. The molecule has 0 aromatic carbocycles. The van der Waals surface area contributed by atoms with E-state index in [9.17, 15) is 0 Å². The fraction of sp³-hybridized carbons (Fsp3) is 0.333. The van der Waals surface area contributed by atoms with Gasteiger partial charge in [-0.1, -0.05) is 0 Å². The summed E-state index contributed by atoms with van der Waals surface area (Å²) in [6.07, 6.45) is 1.58. The van der Waals surface area contributed by atoms with Crippen LogP contribution < -0.4 is 5.59 Å². The molecule has 1 aromatic heterocycles. The lowest BCUT2D eigenvalue weighted by atomic mass is 9.84. The van der Waals surface area contributed by atoms with Gasteiger partial charge in [-0.2, -0.15) is 0 Å². The molecule has 0 radical (unpaired) electrons. The van der Waals surface area contributed by atoms with Crippen LogP contribution in [0.3, 0.4) is 0 Å². The first-order chi connectivity index (χ1) is 5.11. The van der Waals surface area contributed by atoms with Crippen LogP contribution in [-0.4, -0.2) is 27.1 Å². The third-order valence-electron chi connectivity index (χ3n) is 1.36. The van der Waals surface area contributed by atoms with E-state index >= 15 is 0 Å². The summed E-state index contributed by atoms with van der Waals surface area (Å²) in [5, 5.41) is 17.6. The van der Waals surface area contributed by atoms with E-state index in [4.69, 9.17) is 10.0 Å². The van der Waals surface area contributed by atoms with Gasteiger partial charge in [0.1, 0.15) is 0 Å². The van der Waals surface area contributed by atoms with Crippen LogP contribution in [0.2, 0.25) is 0 Å². The van der Waals surface area contributed by atoms with Crippen LogP contribution in [0.4, 0.5) is 0 Å². The van der Waals surface area contributed by atoms with Crippen LogP contribution in [0.25, 0.3) is 0 Å². The highest BCUT2D eigenvalue weighted by atomic mass is 16.4. The van der Waals surface area contributed by atoms with Crippen LogP contribution in [0, 0.1) is 13.8 Å². The SMILES string of the molecule is Cc1cnc(C)c(B(O)O)n1. The van der Waals surface area contributed by atoms with Crippen molar-refractivity contribution in [1.29, 1.82) is 0 Å². The summed E-state index contributed by atoms with van der Waals surface area (Å²) in [5.41, 5.74) is 1.45. The highest BCUT2D eigenvalue weighted by Gasteiger charge is 2.16. The van der Waals surface area contributed by atoms with E-state index in [0.717, 1.165) is 0 Å². The molecule has 11 heavy (non-hydrogen) atoms. The lowest BCUT2D eigenvalue weighted by molar-refractivity contribution is 0.423. The standard InChI is InChI=1S/C6H9BN2O2/c1-4-3-8-5(2)6(9-4)7(10)11/h3,10-11H,1-2H3. The quantitative estimate of drug-likeness (QED) is 0.494. The summed E-state index contributed by atoms with van der Waals surface area (Å²) in [6.45, 7) is 3.43. The lowest BCUT2D eigenvalue weighted by Gasteiger charge is -2.02. The number of nitrogens with zero attached hydrogens (tertiary/aromatic N) is 2. The molecule has 0 amide bonds. The molecule has 0 fully saturated rings.